The second kappa shape index (κ2) is 5.29. The molecule has 1 rings (SSSR count). The van der Waals surface area contributed by atoms with Crippen molar-refractivity contribution in [3.63, 3.8) is 0 Å². The van der Waals surface area contributed by atoms with E-state index >= 15 is 0 Å². The van der Waals surface area contributed by atoms with Gasteiger partial charge in [-0.25, -0.2) is 17.5 Å². The van der Waals surface area contributed by atoms with Crippen LogP contribution in [0.5, 0.6) is 0 Å². The van der Waals surface area contributed by atoms with Crippen molar-refractivity contribution in [1.29, 1.82) is 0 Å². The summed E-state index contributed by atoms with van der Waals surface area (Å²) < 4.78 is 24.3. The van der Waals surface area contributed by atoms with Crippen molar-refractivity contribution in [2.75, 3.05) is 12.8 Å². The Labute approximate surface area is 101 Å². The van der Waals surface area contributed by atoms with Crippen molar-refractivity contribution in [3.05, 3.63) is 35.4 Å². The number of carbonyl (C=O) groups is 1. The molecule has 94 valence electrons. The van der Waals surface area contributed by atoms with Gasteiger partial charge in [-0.05, 0) is 24.6 Å². The van der Waals surface area contributed by atoms with Gasteiger partial charge in [0.1, 0.15) is 0 Å². The lowest BCUT2D eigenvalue weighted by molar-refractivity contribution is 0.0697. The summed E-state index contributed by atoms with van der Waals surface area (Å²) in [7, 11) is -1.70. The molecule has 17 heavy (non-hydrogen) atoms. The van der Waals surface area contributed by atoms with Crippen LogP contribution in [0.1, 0.15) is 22.8 Å². The van der Waals surface area contributed by atoms with Crippen molar-refractivity contribution >= 4 is 16.0 Å². The van der Waals surface area contributed by atoms with E-state index in [0.29, 0.717) is 0 Å². The topological polar surface area (TPSA) is 74.7 Å². The smallest absolute Gasteiger partial charge is 0.335 e. The zero-order valence-electron chi connectivity index (χ0n) is 9.75. The van der Waals surface area contributed by atoms with Gasteiger partial charge >= 0.3 is 5.97 Å². The molecule has 0 aromatic heterocycles. The van der Waals surface area contributed by atoms with Gasteiger partial charge in [0.2, 0.25) is 10.0 Å². The van der Waals surface area contributed by atoms with Crippen molar-refractivity contribution in [1.82, 2.24) is 4.31 Å². The molecule has 0 radical (unpaired) electrons. The SMILES string of the molecule is CCS(=O)(=O)N(C)Cc1ccc(C(=O)O)cc1. The Bertz CT molecular complexity index is 493. The Morgan fingerprint density at radius 3 is 2.24 bits per heavy atom. The standard InChI is InChI=1S/C11H15NO4S/c1-3-17(15,16)12(2)8-9-4-6-10(7-5-9)11(13)14/h4-7H,3,8H2,1-2H3,(H,13,14). The molecular weight excluding hydrogens is 242 g/mol. The molecule has 1 N–H and O–H groups in total. The number of hydrogen-bond acceptors (Lipinski definition) is 3. The van der Waals surface area contributed by atoms with Crippen LogP contribution in [-0.4, -0.2) is 36.6 Å². The van der Waals surface area contributed by atoms with Crippen molar-refractivity contribution in [3.8, 4) is 0 Å². The number of carboxylic acids is 1. The Balaban J connectivity index is 2.80. The third-order valence-corrected chi connectivity index (χ3v) is 4.25. The van der Waals surface area contributed by atoms with Crippen LogP contribution >= 0.6 is 0 Å². The van der Waals surface area contributed by atoms with E-state index in [4.69, 9.17) is 5.11 Å². The van der Waals surface area contributed by atoms with Crippen molar-refractivity contribution in [2.45, 2.75) is 13.5 Å². The van der Waals surface area contributed by atoms with Crippen LogP contribution in [0.25, 0.3) is 0 Å². The molecule has 0 amide bonds. The fourth-order valence-electron chi connectivity index (χ4n) is 1.33. The Morgan fingerprint density at radius 2 is 1.82 bits per heavy atom. The summed E-state index contributed by atoms with van der Waals surface area (Å²) in [6.45, 7) is 1.83. The molecule has 0 saturated carbocycles. The van der Waals surface area contributed by atoms with E-state index in [0.717, 1.165) is 5.56 Å². The first kappa shape index (κ1) is 13.7. The molecule has 1 aromatic rings. The molecule has 0 heterocycles. The number of hydrogen-bond donors (Lipinski definition) is 1. The lowest BCUT2D eigenvalue weighted by atomic mass is 10.1. The maximum absolute atomic E-state index is 11.5. The van der Waals surface area contributed by atoms with Gasteiger partial charge in [0.15, 0.2) is 0 Å². The van der Waals surface area contributed by atoms with E-state index in [1.165, 1.54) is 23.5 Å². The molecule has 0 fully saturated rings. The minimum atomic E-state index is -3.21. The lowest BCUT2D eigenvalue weighted by Crippen LogP contribution is -2.27. The molecule has 1 aromatic carbocycles. The normalized spacial score (nSPS) is 11.7. The quantitative estimate of drug-likeness (QED) is 0.859. The van der Waals surface area contributed by atoms with Crippen LogP contribution in [0.2, 0.25) is 0 Å². The maximum atomic E-state index is 11.5. The summed E-state index contributed by atoms with van der Waals surface area (Å²) in [6.07, 6.45) is 0. The zero-order valence-corrected chi connectivity index (χ0v) is 10.6. The second-order valence-electron chi connectivity index (χ2n) is 3.66. The van der Waals surface area contributed by atoms with Crippen molar-refractivity contribution in [2.24, 2.45) is 0 Å². The van der Waals surface area contributed by atoms with Crippen LogP contribution in [0.4, 0.5) is 0 Å². The maximum Gasteiger partial charge on any atom is 0.335 e. The molecule has 0 bridgehead atoms. The predicted molar refractivity (Wildman–Crippen MR) is 64.3 cm³/mol. The fourth-order valence-corrected chi connectivity index (χ4v) is 2.12. The molecule has 6 heteroatoms. The number of aromatic carboxylic acids is 1. The largest absolute Gasteiger partial charge is 0.478 e. The van der Waals surface area contributed by atoms with E-state index in [2.05, 4.69) is 0 Å². The van der Waals surface area contributed by atoms with Crippen molar-refractivity contribution < 1.29 is 18.3 Å². The minimum absolute atomic E-state index is 0.0523. The van der Waals surface area contributed by atoms with Gasteiger partial charge < -0.3 is 5.11 Å². The van der Waals surface area contributed by atoms with Gasteiger partial charge in [-0.3, -0.25) is 0 Å². The van der Waals surface area contributed by atoms with E-state index in [9.17, 15) is 13.2 Å². The lowest BCUT2D eigenvalue weighted by Gasteiger charge is -2.15. The zero-order chi connectivity index (χ0) is 13.1. The van der Waals surface area contributed by atoms with Gasteiger partial charge in [0.05, 0.1) is 11.3 Å². The highest BCUT2D eigenvalue weighted by atomic mass is 32.2. The molecule has 0 atom stereocenters. The summed E-state index contributed by atoms with van der Waals surface area (Å²) in [5.74, 6) is -0.942. The fraction of sp³-hybridized carbons (Fsp3) is 0.364. The minimum Gasteiger partial charge on any atom is -0.478 e. The molecule has 0 spiro atoms. The third-order valence-electron chi connectivity index (χ3n) is 2.45. The van der Waals surface area contributed by atoms with Gasteiger partial charge in [-0.1, -0.05) is 12.1 Å². The van der Waals surface area contributed by atoms with E-state index < -0.39 is 16.0 Å². The summed E-state index contributed by atoms with van der Waals surface area (Å²) in [5.41, 5.74) is 0.948. The van der Waals surface area contributed by atoms with Gasteiger partial charge in [-0.15, -0.1) is 0 Å². The summed E-state index contributed by atoms with van der Waals surface area (Å²) >= 11 is 0. The molecular formula is C11H15NO4S. The Hall–Kier alpha value is -1.40. The summed E-state index contributed by atoms with van der Waals surface area (Å²) in [4.78, 5) is 10.6. The molecule has 0 aliphatic heterocycles. The number of sulfonamides is 1. The first-order chi connectivity index (χ1) is 7.86. The number of rotatable bonds is 5. The number of nitrogens with zero attached hydrogens (tertiary/aromatic N) is 1. The van der Waals surface area contributed by atoms with E-state index in [-0.39, 0.29) is 17.9 Å². The van der Waals surface area contributed by atoms with Crippen LogP contribution in [-0.2, 0) is 16.6 Å². The highest BCUT2D eigenvalue weighted by molar-refractivity contribution is 7.89. The predicted octanol–water partition coefficient (Wildman–Crippen LogP) is 1.17. The van der Waals surface area contributed by atoms with Crippen LogP contribution < -0.4 is 0 Å². The van der Waals surface area contributed by atoms with Gasteiger partial charge in [0.25, 0.3) is 0 Å². The molecule has 0 unspecified atom stereocenters. The molecule has 0 aliphatic carbocycles. The first-order valence-corrected chi connectivity index (χ1v) is 6.74. The highest BCUT2D eigenvalue weighted by Crippen LogP contribution is 2.09. The van der Waals surface area contributed by atoms with Crippen LogP contribution in [0, 0.1) is 0 Å². The van der Waals surface area contributed by atoms with E-state index in [1.807, 2.05) is 0 Å². The summed E-state index contributed by atoms with van der Waals surface area (Å²) in [6, 6.07) is 6.16. The second-order valence-corrected chi connectivity index (χ2v) is 6.02. The number of benzene rings is 1. The average Bonchev–Trinajstić information content (AvgIpc) is 2.29. The third kappa shape index (κ3) is 3.54. The highest BCUT2D eigenvalue weighted by Gasteiger charge is 2.15. The summed E-state index contributed by atoms with van der Waals surface area (Å²) in [5, 5.41) is 8.72. The average molecular weight is 257 g/mol. The molecule has 0 aliphatic rings. The molecule has 0 saturated heterocycles. The Morgan fingerprint density at radius 1 is 1.29 bits per heavy atom. The van der Waals surface area contributed by atoms with Crippen LogP contribution in [0.3, 0.4) is 0 Å². The monoisotopic (exact) mass is 257 g/mol. The molecule has 5 nitrogen and oxygen atoms in total. The first-order valence-electron chi connectivity index (χ1n) is 5.13. The van der Waals surface area contributed by atoms with Gasteiger partial charge in [0, 0.05) is 13.6 Å². The van der Waals surface area contributed by atoms with Crippen LogP contribution in [0.15, 0.2) is 24.3 Å². The van der Waals surface area contributed by atoms with Gasteiger partial charge in [-0.2, -0.15) is 0 Å². The number of carboxylic acid groups (broad SMARTS) is 1. The van der Waals surface area contributed by atoms with E-state index in [1.54, 1.807) is 19.1 Å². The Kier molecular flexibility index (Phi) is 4.25.